The summed E-state index contributed by atoms with van der Waals surface area (Å²) in [6.07, 6.45) is -1.49. The van der Waals surface area contributed by atoms with Crippen LogP contribution in [0.25, 0.3) is 0 Å². The first-order valence-corrected chi connectivity index (χ1v) is 4.19. The number of rotatable bonds is 0. The van der Waals surface area contributed by atoms with Crippen molar-refractivity contribution >= 4 is 0 Å². The highest BCUT2D eigenvalue weighted by molar-refractivity contribution is 4.90. The number of hydrogen-bond donors (Lipinski definition) is 1. The number of fused-ring (bicyclic) bond motifs is 1. The van der Waals surface area contributed by atoms with Gasteiger partial charge in [-0.1, -0.05) is 0 Å². The van der Waals surface area contributed by atoms with E-state index in [0.29, 0.717) is 0 Å². The van der Waals surface area contributed by atoms with E-state index in [0.717, 1.165) is 0 Å². The van der Waals surface area contributed by atoms with Crippen LogP contribution in [-0.2, 0) is 14.2 Å². The highest BCUT2D eigenvalue weighted by Crippen LogP contribution is 2.36. The van der Waals surface area contributed by atoms with Gasteiger partial charge in [-0.25, -0.2) is 0 Å². The summed E-state index contributed by atoms with van der Waals surface area (Å²) in [5.41, 5.74) is 0. The summed E-state index contributed by atoms with van der Waals surface area (Å²) >= 11 is 0. The van der Waals surface area contributed by atoms with E-state index < -0.39 is 18.2 Å². The quantitative estimate of drug-likeness (QED) is 0.571. The second-order valence-electron chi connectivity index (χ2n) is 3.80. The minimum absolute atomic E-state index is 0.198. The molecule has 0 spiro atoms. The summed E-state index contributed by atoms with van der Waals surface area (Å²) in [5, 5.41) is 9.57. The Hall–Kier alpha value is -0.160. The van der Waals surface area contributed by atoms with E-state index in [9.17, 15) is 5.11 Å². The maximum Gasteiger partial charge on any atom is 0.190 e. The molecule has 0 saturated carbocycles. The van der Waals surface area contributed by atoms with E-state index >= 15 is 0 Å². The Labute approximate surface area is 71.4 Å². The molecule has 2 heterocycles. The van der Waals surface area contributed by atoms with Crippen LogP contribution in [0.3, 0.4) is 0 Å². The van der Waals surface area contributed by atoms with Crippen molar-refractivity contribution in [3.63, 3.8) is 0 Å². The van der Waals surface area contributed by atoms with Gasteiger partial charge in [-0.2, -0.15) is 0 Å². The van der Waals surface area contributed by atoms with Crippen LogP contribution in [0.4, 0.5) is 0 Å². The largest absolute Gasteiger partial charge is 0.387 e. The second-order valence-corrected chi connectivity index (χ2v) is 3.80. The van der Waals surface area contributed by atoms with Gasteiger partial charge in [0.2, 0.25) is 0 Å². The normalized spacial score (nSPS) is 51.0. The molecule has 0 aromatic rings. The monoisotopic (exact) mass is 174 g/mol. The fourth-order valence-electron chi connectivity index (χ4n) is 1.65. The third-order valence-electron chi connectivity index (χ3n) is 2.25. The Bertz CT molecular complexity index is 191. The lowest BCUT2D eigenvalue weighted by Gasteiger charge is -2.20. The number of aliphatic hydroxyl groups excluding tert-OH is 1. The molecule has 4 heteroatoms. The van der Waals surface area contributed by atoms with Crippen LogP contribution >= 0.6 is 0 Å². The van der Waals surface area contributed by atoms with Crippen molar-refractivity contribution in [2.45, 2.75) is 51.2 Å². The minimum atomic E-state index is -0.629. The van der Waals surface area contributed by atoms with Gasteiger partial charge in [-0.05, 0) is 20.8 Å². The molecular weight excluding hydrogens is 160 g/mol. The van der Waals surface area contributed by atoms with Crippen molar-refractivity contribution in [3.8, 4) is 0 Å². The lowest BCUT2D eigenvalue weighted by Crippen LogP contribution is -2.33. The van der Waals surface area contributed by atoms with Gasteiger partial charge in [0, 0.05) is 0 Å². The van der Waals surface area contributed by atoms with Gasteiger partial charge < -0.3 is 19.3 Å². The maximum absolute atomic E-state index is 9.57. The zero-order valence-corrected chi connectivity index (χ0v) is 7.48. The number of aliphatic hydroxyl groups is 1. The van der Waals surface area contributed by atoms with Crippen LogP contribution in [0.5, 0.6) is 0 Å². The Kier molecular flexibility index (Phi) is 1.70. The van der Waals surface area contributed by atoms with E-state index in [2.05, 4.69) is 0 Å². The third kappa shape index (κ3) is 1.15. The molecule has 0 aromatic carbocycles. The van der Waals surface area contributed by atoms with Crippen molar-refractivity contribution < 1.29 is 19.3 Å². The Morgan fingerprint density at radius 1 is 1.25 bits per heavy atom. The van der Waals surface area contributed by atoms with Gasteiger partial charge in [-0.15, -0.1) is 0 Å². The van der Waals surface area contributed by atoms with Crippen LogP contribution in [0, 0.1) is 0 Å². The van der Waals surface area contributed by atoms with Crippen LogP contribution in [0.1, 0.15) is 20.8 Å². The molecule has 0 aromatic heterocycles. The van der Waals surface area contributed by atoms with Crippen molar-refractivity contribution in [3.05, 3.63) is 0 Å². The summed E-state index contributed by atoms with van der Waals surface area (Å²) in [5.74, 6) is -0.629. The summed E-state index contributed by atoms with van der Waals surface area (Å²) in [6, 6.07) is 0. The van der Waals surface area contributed by atoms with E-state index in [-0.39, 0.29) is 12.2 Å². The SMILES string of the molecule is C[C@H]1O[C@@H]2OC(C)(C)O[C@@H]2[C@@H]1O. The standard InChI is InChI=1S/C8H14O4/c1-4-5(9)6-7(10-4)12-8(2,3)11-6/h4-7,9H,1-3H3/t4-,5-,6-,7-/m1/s1. The van der Waals surface area contributed by atoms with Crippen LogP contribution in [0.15, 0.2) is 0 Å². The Morgan fingerprint density at radius 3 is 2.50 bits per heavy atom. The zero-order valence-electron chi connectivity index (χ0n) is 7.48. The summed E-state index contributed by atoms with van der Waals surface area (Å²) in [7, 11) is 0. The van der Waals surface area contributed by atoms with E-state index in [1.807, 2.05) is 20.8 Å². The summed E-state index contributed by atoms with van der Waals surface area (Å²) in [4.78, 5) is 0. The molecule has 0 radical (unpaired) electrons. The average Bonchev–Trinajstić information content (AvgIpc) is 2.33. The molecular formula is C8H14O4. The molecule has 2 aliphatic heterocycles. The maximum atomic E-state index is 9.57. The molecule has 4 atom stereocenters. The lowest BCUT2D eigenvalue weighted by molar-refractivity contribution is -0.212. The molecule has 0 aliphatic carbocycles. The molecule has 0 bridgehead atoms. The van der Waals surface area contributed by atoms with Gasteiger partial charge in [0.1, 0.15) is 12.2 Å². The highest BCUT2D eigenvalue weighted by Gasteiger charge is 2.52. The molecule has 12 heavy (non-hydrogen) atoms. The van der Waals surface area contributed by atoms with Crippen molar-refractivity contribution in [1.82, 2.24) is 0 Å². The Balaban J connectivity index is 2.11. The van der Waals surface area contributed by atoms with E-state index in [1.165, 1.54) is 0 Å². The molecule has 4 nitrogen and oxygen atoms in total. The van der Waals surface area contributed by atoms with Gasteiger partial charge in [0.25, 0.3) is 0 Å². The molecule has 0 unspecified atom stereocenters. The average molecular weight is 174 g/mol. The minimum Gasteiger partial charge on any atom is -0.387 e. The smallest absolute Gasteiger partial charge is 0.190 e. The summed E-state index contributed by atoms with van der Waals surface area (Å²) in [6.45, 7) is 5.43. The topological polar surface area (TPSA) is 47.9 Å². The molecule has 2 saturated heterocycles. The number of hydrogen-bond acceptors (Lipinski definition) is 4. The first-order chi connectivity index (χ1) is 5.49. The predicted octanol–water partition coefficient (Wildman–Crippen LogP) is 0.244. The Morgan fingerprint density at radius 2 is 1.92 bits per heavy atom. The first-order valence-electron chi connectivity index (χ1n) is 4.19. The van der Waals surface area contributed by atoms with Crippen LogP contribution < -0.4 is 0 Å². The lowest BCUT2D eigenvalue weighted by atomic mass is 10.2. The van der Waals surface area contributed by atoms with Crippen molar-refractivity contribution in [2.24, 2.45) is 0 Å². The number of ether oxygens (including phenoxy) is 3. The molecule has 0 amide bonds. The van der Waals surface area contributed by atoms with Gasteiger partial charge in [0.15, 0.2) is 12.1 Å². The second kappa shape index (κ2) is 2.42. The van der Waals surface area contributed by atoms with Crippen molar-refractivity contribution in [1.29, 1.82) is 0 Å². The van der Waals surface area contributed by atoms with E-state index in [1.54, 1.807) is 0 Å². The fourth-order valence-corrected chi connectivity index (χ4v) is 1.65. The highest BCUT2D eigenvalue weighted by atomic mass is 16.8. The van der Waals surface area contributed by atoms with Gasteiger partial charge >= 0.3 is 0 Å². The zero-order chi connectivity index (χ0) is 8.93. The van der Waals surface area contributed by atoms with Crippen LogP contribution in [-0.4, -0.2) is 35.5 Å². The van der Waals surface area contributed by atoms with Gasteiger partial charge in [0.05, 0.1) is 6.10 Å². The van der Waals surface area contributed by atoms with Crippen molar-refractivity contribution in [2.75, 3.05) is 0 Å². The van der Waals surface area contributed by atoms with Gasteiger partial charge in [-0.3, -0.25) is 0 Å². The van der Waals surface area contributed by atoms with E-state index in [4.69, 9.17) is 14.2 Å². The first kappa shape index (κ1) is 8.44. The van der Waals surface area contributed by atoms with Crippen LogP contribution in [0.2, 0.25) is 0 Å². The predicted molar refractivity (Wildman–Crippen MR) is 40.4 cm³/mol. The molecule has 2 rings (SSSR count). The summed E-state index contributed by atoms with van der Waals surface area (Å²) < 4.78 is 16.2. The molecule has 2 fully saturated rings. The molecule has 1 N–H and O–H groups in total. The molecule has 70 valence electrons. The molecule has 2 aliphatic rings. The fraction of sp³-hybridized carbons (Fsp3) is 1.00. The third-order valence-corrected chi connectivity index (χ3v) is 2.25.